The minimum atomic E-state index is -4.57. The number of benzene rings is 3. The number of fused-ring (bicyclic) bond motifs is 1. The van der Waals surface area contributed by atoms with Crippen molar-refractivity contribution < 1.29 is 32.6 Å². The molecule has 5 nitrogen and oxygen atoms in total. The molecule has 3 aromatic carbocycles. The van der Waals surface area contributed by atoms with E-state index in [1.807, 2.05) is 0 Å². The van der Waals surface area contributed by atoms with Crippen molar-refractivity contribution in [2.75, 3.05) is 0 Å². The van der Waals surface area contributed by atoms with E-state index in [4.69, 9.17) is 4.42 Å². The number of hydrogen-bond acceptors (Lipinski definition) is 5. The topological polar surface area (TPSA) is 87.7 Å². The number of Topliss-reactive ketones (excluding diaryl/α,β-unsaturated/α-hetero) is 1. The van der Waals surface area contributed by atoms with E-state index < -0.39 is 41.2 Å². The minimum Gasteiger partial charge on any atom is -0.507 e. The van der Waals surface area contributed by atoms with Crippen LogP contribution < -0.4 is 5.63 Å². The minimum absolute atomic E-state index is 0.0147. The Bertz CT molecular complexity index is 1390. The molecule has 0 radical (unpaired) electrons. The Morgan fingerprint density at radius 3 is 2.21 bits per heavy atom. The summed E-state index contributed by atoms with van der Waals surface area (Å²) in [7, 11) is 0. The molecule has 1 aromatic heterocycles. The number of carbonyl (C=O) groups excluding carboxylic acids is 1. The Kier molecular flexibility index (Phi) is 5.68. The maximum Gasteiger partial charge on any atom is 0.416 e. The lowest BCUT2D eigenvalue weighted by molar-refractivity contribution is -0.137. The highest BCUT2D eigenvalue weighted by atomic mass is 19.4. The Labute approximate surface area is 185 Å². The van der Waals surface area contributed by atoms with E-state index >= 15 is 0 Å². The second kappa shape index (κ2) is 8.46. The molecule has 2 N–H and O–H groups in total. The van der Waals surface area contributed by atoms with Gasteiger partial charge in [0, 0.05) is 12.3 Å². The van der Waals surface area contributed by atoms with E-state index in [0.717, 1.165) is 24.3 Å². The second-order valence-corrected chi connectivity index (χ2v) is 7.46. The summed E-state index contributed by atoms with van der Waals surface area (Å²) in [6.07, 6.45) is -4.97. The van der Waals surface area contributed by atoms with Gasteiger partial charge in [-0.2, -0.15) is 13.2 Å². The predicted molar refractivity (Wildman–Crippen MR) is 114 cm³/mol. The van der Waals surface area contributed by atoms with Gasteiger partial charge in [-0.25, -0.2) is 4.79 Å². The number of phenolic OH excluding ortho intramolecular Hbond substituents is 1. The van der Waals surface area contributed by atoms with Gasteiger partial charge >= 0.3 is 11.8 Å². The number of hydrogen-bond donors (Lipinski definition) is 2. The van der Waals surface area contributed by atoms with Crippen LogP contribution in [0.2, 0.25) is 0 Å². The molecule has 1 atom stereocenters. The van der Waals surface area contributed by atoms with Crippen LogP contribution in [0.1, 0.15) is 39.4 Å². The Morgan fingerprint density at radius 2 is 1.55 bits per heavy atom. The van der Waals surface area contributed by atoms with Crippen LogP contribution in [-0.2, 0) is 6.18 Å². The predicted octanol–water partition coefficient (Wildman–Crippen LogP) is 5.63. The number of alkyl halides is 3. The van der Waals surface area contributed by atoms with Gasteiger partial charge in [-0.15, -0.1) is 0 Å². The molecular formula is C25H17F3O5. The average Bonchev–Trinajstić information content (AvgIpc) is 2.78. The molecule has 1 unspecified atom stereocenters. The van der Waals surface area contributed by atoms with Crippen LogP contribution in [0, 0.1) is 0 Å². The zero-order chi connectivity index (χ0) is 23.8. The van der Waals surface area contributed by atoms with E-state index in [0.29, 0.717) is 0 Å². The van der Waals surface area contributed by atoms with Crippen LogP contribution in [0.5, 0.6) is 11.5 Å². The molecule has 168 valence electrons. The molecule has 33 heavy (non-hydrogen) atoms. The van der Waals surface area contributed by atoms with Gasteiger partial charge in [-0.1, -0.05) is 36.4 Å². The molecule has 0 amide bonds. The second-order valence-electron chi connectivity index (χ2n) is 7.46. The van der Waals surface area contributed by atoms with Crippen LogP contribution in [-0.4, -0.2) is 16.0 Å². The summed E-state index contributed by atoms with van der Waals surface area (Å²) in [5.74, 6) is -2.38. The quantitative estimate of drug-likeness (QED) is 0.302. The van der Waals surface area contributed by atoms with E-state index in [1.54, 1.807) is 18.2 Å². The Balaban J connectivity index is 1.87. The first-order chi connectivity index (χ1) is 15.7. The van der Waals surface area contributed by atoms with Crippen LogP contribution in [0.3, 0.4) is 0 Å². The average molecular weight is 454 g/mol. The first-order valence-electron chi connectivity index (χ1n) is 9.90. The maximum atomic E-state index is 13.0. The molecule has 0 bridgehead atoms. The summed E-state index contributed by atoms with van der Waals surface area (Å²) < 4.78 is 44.4. The number of rotatable bonds is 5. The number of phenols is 1. The molecule has 4 rings (SSSR count). The standard InChI is InChI=1S/C25H17F3O5/c26-25(27,28)15-11-9-14(10-12-15)18(13-20(30)16-5-1-3-7-19(16)29)22-23(31)17-6-2-4-8-21(17)33-24(22)32/h1-12,18,29,31H,13H2. The van der Waals surface area contributed by atoms with Crippen LogP contribution in [0.25, 0.3) is 11.0 Å². The van der Waals surface area contributed by atoms with Gasteiger partial charge in [0.05, 0.1) is 22.1 Å². The lowest BCUT2D eigenvalue weighted by Gasteiger charge is -2.19. The third kappa shape index (κ3) is 4.32. The molecular weight excluding hydrogens is 437 g/mol. The molecule has 0 spiro atoms. The lowest BCUT2D eigenvalue weighted by Crippen LogP contribution is -2.18. The number of ketones is 1. The smallest absolute Gasteiger partial charge is 0.416 e. The first kappa shape index (κ1) is 22.1. The summed E-state index contributed by atoms with van der Waals surface area (Å²) in [5, 5.41) is 21.1. The van der Waals surface area contributed by atoms with Gasteiger partial charge in [0.15, 0.2) is 5.78 Å². The fraction of sp³-hybridized carbons (Fsp3) is 0.120. The molecule has 8 heteroatoms. The third-order valence-corrected chi connectivity index (χ3v) is 5.40. The summed E-state index contributed by atoms with van der Waals surface area (Å²) in [6.45, 7) is 0. The largest absolute Gasteiger partial charge is 0.507 e. The summed E-state index contributed by atoms with van der Waals surface area (Å²) in [6, 6.07) is 16.0. The third-order valence-electron chi connectivity index (χ3n) is 5.40. The molecule has 1 heterocycles. The normalized spacial score (nSPS) is 12.6. The SMILES string of the molecule is O=C(CC(c1ccc(C(F)(F)F)cc1)c1c(O)c2ccccc2oc1=O)c1ccccc1O. The highest BCUT2D eigenvalue weighted by molar-refractivity contribution is 5.99. The van der Waals surface area contributed by atoms with Crippen molar-refractivity contribution in [2.24, 2.45) is 0 Å². The Morgan fingerprint density at radius 1 is 0.909 bits per heavy atom. The molecule has 0 aliphatic heterocycles. The number of aromatic hydroxyl groups is 2. The van der Waals surface area contributed by atoms with Gasteiger partial charge < -0.3 is 14.6 Å². The fourth-order valence-corrected chi connectivity index (χ4v) is 3.75. The van der Waals surface area contributed by atoms with Gasteiger partial charge in [0.1, 0.15) is 17.1 Å². The van der Waals surface area contributed by atoms with Crippen LogP contribution in [0.4, 0.5) is 13.2 Å². The zero-order valence-corrected chi connectivity index (χ0v) is 17.0. The highest BCUT2D eigenvalue weighted by Crippen LogP contribution is 2.38. The summed E-state index contributed by atoms with van der Waals surface area (Å²) in [5.41, 5.74) is -1.75. The van der Waals surface area contributed by atoms with Crippen molar-refractivity contribution in [1.82, 2.24) is 0 Å². The van der Waals surface area contributed by atoms with Gasteiger partial charge in [-0.3, -0.25) is 4.79 Å². The highest BCUT2D eigenvalue weighted by Gasteiger charge is 2.32. The van der Waals surface area contributed by atoms with Crippen molar-refractivity contribution in [2.45, 2.75) is 18.5 Å². The van der Waals surface area contributed by atoms with Gasteiger partial charge in [0.25, 0.3) is 0 Å². The molecule has 0 fully saturated rings. The van der Waals surface area contributed by atoms with Crippen molar-refractivity contribution in [3.8, 4) is 11.5 Å². The van der Waals surface area contributed by atoms with Crippen molar-refractivity contribution in [3.05, 3.63) is 105 Å². The van der Waals surface area contributed by atoms with Crippen molar-refractivity contribution in [3.63, 3.8) is 0 Å². The lowest BCUT2D eigenvalue weighted by atomic mass is 9.85. The molecule has 0 saturated carbocycles. The molecule has 0 aliphatic rings. The molecule has 4 aromatic rings. The number of halogens is 3. The number of carbonyl (C=O) groups is 1. The van der Waals surface area contributed by atoms with Crippen molar-refractivity contribution >= 4 is 16.8 Å². The van der Waals surface area contributed by atoms with Crippen molar-refractivity contribution in [1.29, 1.82) is 0 Å². The van der Waals surface area contributed by atoms with Crippen LogP contribution >= 0.6 is 0 Å². The molecule has 0 aliphatic carbocycles. The zero-order valence-electron chi connectivity index (χ0n) is 17.0. The van der Waals surface area contributed by atoms with E-state index in [1.165, 1.54) is 30.3 Å². The first-order valence-corrected chi connectivity index (χ1v) is 9.90. The van der Waals surface area contributed by atoms with Crippen LogP contribution in [0.15, 0.2) is 82.0 Å². The summed E-state index contributed by atoms with van der Waals surface area (Å²) in [4.78, 5) is 25.8. The van der Waals surface area contributed by atoms with Gasteiger partial charge in [-0.05, 0) is 42.0 Å². The maximum absolute atomic E-state index is 13.0. The van der Waals surface area contributed by atoms with E-state index in [-0.39, 0.29) is 33.4 Å². The van der Waals surface area contributed by atoms with E-state index in [2.05, 4.69) is 0 Å². The Hall–Kier alpha value is -4.07. The van der Waals surface area contributed by atoms with Gasteiger partial charge in [0.2, 0.25) is 0 Å². The van der Waals surface area contributed by atoms with E-state index in [9.17, 15) is 33.0 Å². The monoisotopic (exact) mass is 454 g/mol. The summed E-state index contributed by atoms with van der Waals surface area (Å²) >= 11 is 0. The number of para-hydroxylation sites is 2. The molecule has 0 saturated heterocycles. The fourth-order valence-electron chi connectivity index (χ4n) is 3.75.